The van der Waals surface area contributed by atoms with Crippen LogP contribution >= 0.6 is 11.6 Å². The number of ether oxygens (including phenoxy) is 2. The van der Waals surface area contributed by atoms with E-state index >= 15 is 0 Å². The highest BCUT2D eigenvalue weighted by Gasteiger charge is 2.15. The minimum Gasteiger partial charge on any atom is -0.482 e. The first-order chi connectivity index (χ1) is 13.7. The summed E-state index contributed by atoms with van der Waals surface area (Å²) in [4.78, 5) is 24.2. The molecule has 0 aliphatic rings. The quantitative estimate of drug-likeness (QED) is 0.599. The lowest BCUT2D eigenvalue weighted by Gasteiger charge is -2.16. The summed E-state index contributed by atoms with van der Waals surface area (Å²) in [5.41, 5.74) is 4.55. The van der Waals surface area contributed by atoms with Crippen molar-refractivity contribution in [3.05, 3.63) is 57.6 Å². The molecule has 0 unspecified atom stereocenters. The van der Waals surface area contributed by atoms with Gasteiger partial charge in [0.05, 0.1) is 0 Å². The highest BCUT2D eigenvalue weighted by molar-refractivity contribution is 6.31. The summed E-state index contributed by atoms with van der Waals surface area (Å²) in [6.45, 7) is 9.22. The van der Waals surface area contributed by atoms with Gasteiger partial charge in [-0.2, -0.15) is 0 Å². The van der Waals surface area contributed by atoms with Crippen molar-refractivity contribution in [2.24, 2.45) is 0 Å². The Morgan fingerprint density at radius 1 is 1.10 bits per heavy atom. The summed E-state index contributed by atoms with van der Waals surface area (Å²) >= 11 is 6.18. The Morgan fingerprint density at radius 3 is 2.48 bits per heavy atom. The van der Waals surface area contributed by atoms with Gasteiger partial charge in [0, 0.05) is 10.7 Å². The Balaban J connectivity index is 1.91. The molecule has 2 aromatic rings. The van der Waals surface area contributed by atoms with Crippen LogP contribution in [0.5, 0.6) is 5.75 Å². The van der Waals surface area contributed by atoms with E-state index in [4.69, 9.17) is 21.1 Å². The molecule has 2 aromatic carbocycles. The lowest BCUT2D eigenvalue weighted by atomic mass is 10.0. The summed E-state index contributed by atoms with van der Waals surface area (Å²) in [7, 11) is 0. The summed E-state index contributed by atoms with van der Waals surface area (Å²) in [5.74, 6) is -0.210. The van der Waals surface area contributed by atoms with Crippen LogP contribution < -0.4 is 10.1 Å². The van der Waals surface area contributed by atoms with Crippen LogP contribution in [0.3, 0.4) is 0 Å². The summed E-state index contributed by atoms with van der Waals surface area (Å²) in [6.07, 6.45) is 0.795. The number of carbonyl (C=O) groups is 2. The van der Waals surface area contributed by atoms with Crippen LogP contribution in [0.2, 0.25) is 5.02 Å². The van der Waals surface area contributed by atoms with Gasteiger partial charge in [0.1, 0.15) is 5.75 Å². The van der Waals surface area contributed by atoms with E-state index in [1.807, 2.05) is 65.0 Å². The summed E-state index contributed by atoms with van der Waals surface area (Å²) in [6, 6.07) is 9.49. The van der Waals surface area contributed by atoms with Crippen molar-refractivity contribution < 1.29 is 19.1 Å². The molecule has 0 aliphatic heterocycles. The molecule has 1 N–H and O–H groups in total. The Hall–Kier alpha value is -2.53. The van der Waals surface area contributed by atoms with Gasteiger partial charge in [-0.1, -0.05) is 50.6 Å². The maximum absolute atomic E-state index is 12.2. The Kier molecular flexibility index (Phi) is 8.09. The number of hydrogen-bond acceptors (Lipinski definition) is 4. The van der Waals surface area contributed by atoms with Crippen molar-refractivity contribution in [3.8, 4) is 5.75 Å². The zero-order valence-corrected chi connectivity index (χ0v) is 18.4. The van der Waals surface area contributed by atoms with Crippen LogP contribution in [0.4, 0.5) is 5.69 Å². The lowest BCUT2D eigenvalue weighted by molar-refractivity contribution is -0.149. The minimum atomic E-state index is -0.608. The molecule has 1 amide bonds. The number of hydrogen-bond donors (Lipinski definition) is 1. The molecule has 29 heavy (non-hydrogen) atoms. The van der Waals surface area contributed by atoms with Crippen LogP contribution in [0, 0.1) is 13.8 Å². The average molecular weight is 418 g/mol. The van der Waals surface area contributed by atoms with Gasteiger partial charge in [-0.3, -0.25) is 4.79 Å². The highest BCUT2D eigenvalue weighted by Crippen LogP contribution is 2.32. The molecule has 6 heteroatoms. The largest absolute Gasteiger partial charge is 0.482 e. The predicted octanol–water partition coefficient (Wildman–Crippen LogP) is 5.20. The fourth-order valence-corrected chi connectivity index (χ4v) is 3.12. The first kappa shape index (κ1) is 22.8. The van der Waals surface area contributed by atoms with Crippen molar-refractivity contribution in [2.75, 3.05) is 18.5 Å². The van der Waals surface area contributed by atoms with Crippen molar-refractivity contribution >= 4 is 29.2 Å². The Labute approximate surface area is 177 Å². The van der Waals surface area contributed by atoms with Gasteiger partial charge in [-0.05, 0) is 60.6 Å². The van der Waals surface area contributed by atoms with Gasteiger partial charge in [-0.25, -0.2) is 4.79 Å². The van der Waals surface area contributed by atoms with Gasteiger partial charge in [0.2, 0.25) is 0 Å². The number of rotatable bonds is 8. The molecule has 5 nitrogen and oxygen atoms in total. The van der Waals surface area contributed by atoms with Crippen LogP contribution in [0.25, 0.3) is 0 Å². The molecule has 0 atom stereocenters. The summed E-state index contributed by atoms with van der Waals surface area (Å²) < 4.78 is 10.7. The van der Waals surface area contributed by atoms with Crippen molar-refractivity contribution in [1.29, 1.82) is 0 Å². The fraction of sp³-hybridized carbons (Fsp3) is 0.391. The Bertz CT molecular complexity index is 893. The van der Waals surface area contributed by atoms with E-state index in [1.54, 1.807) is 0 Å². The standard InChI is InChI=1S/C23H28ClNO4/c1-6-17-9-7-8-15(4)23(17)25-21(26)12-29-22(27)13-28-20-10-16(5)19(24)11-18(20)14(2)3/h7-11,14H,6,12-13H2,1-5H3,(H,25,26). The third-order valence-electron chi connectivity index (χ3n) is 4.63. The molecule has 156 valence electrons. The molecule has 0 bridgehead atoms. The van der Waals surface area contributed by atoms with Gasteiger partial charge in [0.15, 0.2) is 13.2 Å². The zero-order chi connectivity index (χ0) is 21.6. The number of para-hydroxylation sites is 1. The maximum atomic E-state index is 12.2. The zero-order valence-electron chi connectivity index (χ0n) is 17.6. The molecule has 0 heterocycles. The third-order valence-corrected chi connectivity index (χ3v) is 5.03. The molecule has 0 spiro atoms. The number of aryl methyl sites for hydroxylation is 3. The molecule has 0 radical (unpaired) electrons. The van der Waals surface area contributed by atoms with E-state index in [0.717, 1.165) is 34.4 Å². The SMILES string of the molecule is CCc1cccc(C)c1NC(=O)COC(=O)COc1cc(C)c(Cl)cc1C(C)C. The highest BCUT2D eigenvalue weighted by atomic mass is 35.5. The number of amides is 1. The number of carbonyl (C=O) groups excluding carboxylic acids is 2. The number of halogens is 1. The molecule has 0 fully saturated rings. The minimum absolute atomic E-state index is 0.187. The topological polar surface area (TPSA) is 64.6 Å². The van der Waals surface area contributed by atoms with E-state index in [2.05, 4.69) is 5.32 Å². The molecule has 0 saturated heterocycles. The van der Waals surface area contributed by atoms with Crippen molar-refractivity contribution in [3.63, 3.8) is 0 Å². The smallest absolute Gasteiger partial charge is 0.344 e. The second-order valence-corrected chi connectivity index (χ2v) is 7.66. The van der Waals surface area contributed by atoms with Crippen molar-refractivity contribution in [2.45, 2.75) is 47.0 Å². The van der Waals surface area contributed by atoms with E-state index in [1.165, 1.54) is 0 Å². The third kappa shape index (κ3) is 6.23. The molecule has 0 aliphatic carbocycles. The number of nitrogens with one attached hydrogen (secondary N) is 1. The monoisotopic (exact) mass is 417 g/mol. The number of anilines is 1. The first-order valence-electron chi connectivity index (χ1n) is 9.69. The second kappa shape index (κ2) is 10.3. The van der Waals surface area contributed by atoms with Crippen LogP contribution in [-0.2, 0) is 20.7 Å². The van der Waals surface area contributed by atoms with Crippen molar-refractivity contribution in [1.82, 2.24) is 0 Å². The van der Waals surface area contributed by atoms with E-state index in [9.17, 15) is 9.59 Å². The second-order valence-electron chi connectivity index (χ2n) is 7.25. The van der Waals surface area contributed by atoms with E-state index in [-0.39, 0.29) is 25.0 Å². The Morgan fingerprint density at radius 2 is 1.83 bits per heavy atom. The van der Waals surface area contributed by atoms with Gasteiger partial charge in [-0.15, -0.1) is 0 Å². The van der Waals surface area contributed by atoms with Crippen LogP contribution in [0.15, 0.2) is 30.3 Å². The van der Waals surface area contributed by atoms with Gasteiger partial charge >= 0.3 is 5.97 Å². The molecule has 0 saturated carbocycles. The first-order valence-corrected chi connectivity index (χ1v) is 10.1. The number of esters is 1. The number of benzene rings is 2. The normalized spacial score (nSPS) is 10.7. The fourth-order valence-electron chi connectivity index (χ4n) is 2.95. The summed E-state index contributed by atoms with van der Waals surface area (Å²) in [5, 5.41) is 3.48. The lowest BCUT2D eigenvalue weighted by Crippen LogP contribution is -2.24. The van der Waals surface area contributed by atoms with Crippen LogP contribution in [0.1, 0.15) is 48.9 Å². The van der Waals surface area contributed by atoms with E-state index in [0.29, 0.717) is 10.8 Å². The molecule has 2 rings (SSSR count). The van der Waals surface area contributed by atoms with Gasteiger partial charge in [0.25, 0.3) is 5.91 Å². The van der Waals surface area contributed by atoms with Gasteiger partial charge < -0.3 is 14.8 Å². The predicted molar refractivity (Wildman–Crippen MR) is 116 cm³/mol. The molecular formula is C23H28ClNO4. The average Bonchev–Trinajstić information content (AvgIpc) is 2.68. The maximum Gasteiger partial charge on any atom is 0.344 e. The van der Waals surface area contributed by atoms with Crippen LogP contribution in [-0.4, -0.2) is 25.1 Å². The molecular weight excluding hydrogens is 390 g/mol. The molecule has 0 aromatic heterocycles. The van der Waals surface area contributed by atoms with E-state index < -0.39 is 5.97 Å².